The third kappa shape index (κ3) is 4.27. The molecule has 5 rings (SSSR count). The molecule has 1 aliphatic heterocycles. The summed E-state index contributed by atoms with van der Waals surface area (Å²) in [6, 6.07) is 17.7. The van der Waals surface area contributed by atoms with Crippen molar-refractivity contribution in [3.8, 4) is 11.5 Å². The predicted molar refractivity (Wildman–Crippen MR) is 114 cm³/mol. The van der Waals surface area contributed by atoms with Gasteiger partial charge in [0.2, 0.25) is 11.9 Å². The average Bonchev–Trinajstić information content (AvgIpc) is 3.63. The number of carbonyl (C=O) groups excluding carboxylic acids is 1. The number of ether oxygens (including phenoxy) is 1. The monoisotopic (exact) mass is 400 g/mol. The van der Waals surface area contributed by atoms with Gasteiger partial charge >= 0.3 is 0 Å². The highest BCUT2D eigenvalue weighted by molar-refractivity contribution is 5.81. The number of benzene rings is 2. The summed E-state index contributed by atoms with van der Waals surface area (Å²) in [5, 5.41) is 3.31. The molecule has 6 nitrogen and oxygen atoms in total. The van der Waals surface area contributed by atoms with E-state index in [-0.39, 0.29) is 5.92 Å². The molecule has 2 heterocycles. The van der Waals surface area contributed by atoms with Gasteiger partial charge in [0.1, 0.15) is 11.5 Å². The van der Waals surface area contributed by atoms with Crippen LogP contribution in [0, 0.1) is 5.92 Å². The molecule has 2 aromatic carbocycles. The van der Waals surface area contributed by atoms with Crippen LogP contribution in [0.2, 0.25) is 0 Å². The Kier molecular flexibility index (Phi) is 5.05. The summed E-state index contributed by atoms with van der Waals surface area (Å²) in [5.74, 6) is 2.78. The Morgan fingerprint density at radius 1 is 1.10 bits per heavy atom. The maximum atomic E-state index is 12.3. The van der Waals surface area contributed by atoms with Crippen LogP contribution in [-0.4, -0.2) is 27.3 Å². The number of carbonyl (C=O) groups is 1. The molecule has 3 aromatic rings. The smallest absolute Gasteiger partial charge is 0.225 e. The number of amides is 1. The van der Waals surface area contributed by atoms with Crippen LogP contribution in [0.4, 0.5) is 5.95 Å². The van der Waals surface area contributed by atoms with Crippen LogP contribution in [0.5, 0.6) is 11.5 Å². The van der Waals surface area contributed by atoms with Crippen LogP contribution in [0.25, 0.3) is 0 Å². The molecule has 30 heavy (non-hydrogen) atoms. The maximum Gasteiger partial charge on any atom is 0.225 e. The van der Waals surface area contributed by atoms with Gasteiger partial charge in [0.15, 0.2) is 0 Å². The van der Waals surface area contributed by atoms with Crippen LogP contribution < -0.4 is 10.1 Å². The zero-order chi connectivity index (χ0) is 20.3. The van der Waals surface area contributed by atoms with Crippen LogP contribution in [-0.2, 0) is 24.3 Å². The lowest BCUT2D eigenvalue weighted by Crippen LogP contribution is -2.37. The van der Waals surface area contributed by atoms with Crippen molar-refractivity contribution in [3.63, 3.8) is 0 Å². The fraction of sp³-hybridized carbons (Fsp3) is 0.292. The maximum absolute atomic E-state index is 12.3. The first-order valence-corrected chi connectivity index (χ1v) is 10.4. The zero-order valence-corrected chi connectivity index (χ0v) is 16.8. The van der Waals surface area contributed by atoms with Crippen molar-refractivity contribution >= 4 is 11.9 Å². The summed E-state index contributed by atoms with van der Waals surface area (Å²) in [6.45, 7) is 1.98. The number of anilines is 1. The molecule has 0 spiro atoms. The Bertz CT molecular complexity index is 1050. The number of hydrogen-bond acceptors (Lipinski definition) is 5. The van der Waals surface area contributed by atoms with Gasteiger partial charge in [0.05, 0.1) is 5.69 Å². The highest BCUT2D eigenvalue weighted by Crippen LogP contribution is 2.32. The lowest BCUT2D eigenvalue weighted by molar-refractivity contribution is -0.133. The molecule has 1 fully saturated rings. The molecular formula is C24H24N4O2. The Morgan fingerprint density at radius 3 is 2.77 bits per heavy atom. The van der Waals surface area contributed by atoms with E-state index in [2.05, 4.69) is 15.3 Å². The molecule has 0 unspecified atom stereocenters. The van der Waals surface area contributed by atoms with Gasteiger partial charge in [-0.15, -0.1) is 0 Å². The lowest BCUT2D eigenvalue weighted by atomic mass is 10.1. The van der Waals surface area contributed by atoms with Crippen molar-refractivity contribution in [1.29, 1.82) is 0 Å². The molecule has 1 amide bonds. The number of nitrogens with zero attached hydrogens (tertiary/aromatic N) is 3. The molecule has 1 aliphatic carbocycles. The van der Waals surface area contributed by atoms with E-state index in [4.69, 9.17) is 4.74 Å². The van der Waals surface area contributed by atoms with Gasteiger partial charge in [-0.05, 0) is 42.7 Å². The second kappa shape index (κ2) is 8.14. The molecule has 152 valence electrons. The van der Waals surface area contributed by atoms with Crippen molar-refractivity contribution in [2.75, 3.05) is 11.9 Å². The summed E-state index contributed by atoms with van der Waals surface area (Å²) < 4.78 is 5.90. The van der Waals surface area contributed by atoms with E-state index in [9.17, 15) is 4.79 Å². The molecule has 0 radical (unpaired) electrons. The topological polar surface area (TPSA) is 67.4 Å². The molecule has 1 aromatic heterocycles. The number of fused-ring (bicyclic) bond motifs is 1. The molecular weight excluding hydrogens is 376 g/mol. The summed E-state index contributed by atoms with van der Waals surface area (Å²) in [4.78, 5) is 23.4. The fourth-order valence-corrected chi connectivity index (χ4v) is 3.70. The predicted octanol–water partition coefficient (Wildman–Crippen LogP) is 4.18. The molecule has 2 aliphatic rings. The Balaban J connectivity index is 1.21. The second-order valence-electron chi connectivity index (χ2n) is 7.87. The minimum absolute atomic E-state index is 0.259. The minimum Gasteiger partial charge on any atom is -0.457 e. The third-order valence-electron chi connectivity index (χ3n) is 5.50. The number of para-hydroxylation sites is 1. The molecule has 0 bridgehead atoms. The highest BCUT2D eigenvalue weighted by atomic mass is 16.5. The molecule has 1 saturated carbocycles. The Hall–Kier alpha value is -3.41. The van der Waals surface area contributed by atoms with Crippen molar-refractivity contribution in [2.45, 2.75) is 32.4 Å². The van der Waals surface area contributed by atoms with Gasteiger partial charge in [-0.2, -0.15) is 0 Å². The quantitative estimate of drug-likeness (QED) is 0.672. The van der Waals surface area contributed by atoms with Crippen molar-refractivity contribution < 1.29 is 9.53 Å². The highest BCUT2D eigenvalue weighted by Gasteiger charge is 2.34. The Labute approximate surface area is 175 Å². The van der Waals surface area contributed by atoms with E-state index in [1.807, 2.05) is 65.7 Å². The number of aromatic nitrogens is 2. The number of hydrogen-bond donors (Lipinski definition) is 1. The summed E-state index contributed by atoms with van der Waals surface area (Å²) >= 11 is 0. The molecule has 0 saturated heterocycles. The lowest BCUT2D eigenvalue weighted by Gasteiger charge is -2.28. The Morgan fingerprint density at radius 2 is 1.93 bits per heavy atom. The molecule has 0 atom stereocenters. The number of nitrogens with one attached hydrogen (secondary N) is 1. The first kappa shape index (κ1) is 18.6. The van der Waals surface area contributed by atoms with E-state index in [1.54, 1.807) is 0 Å². The average molecular weight is 400 g/mol. The SMILES string of the molecule is O=C(C1CC1)N1CCc2nc(NCc3cccc(Oc4ccccc4)c3)ncc2C1. The van der Waals surface area contributed by atoms with Crippen LogP contribution in [0.1, 0.15) is 29.7 Å². The molecule has 6 heteroatoms. The zero-order valence-electron chi connectivity index (χ0n) is 16.8. The van der Waals surface area contributed by atoms with Gasteiger partial charge in [-0.25, -0.2) is 9.97 Å². The van der Waals surface area contributed by atoms with E-state index in [0.717, 1.165) is 54.1 Å². The minimum atomic E-state index is 0.259. The van der Waals surface area contributed by atoms with E-state index in [0.29, 0.717) is 24.9 Å². The summed E-state index contributed by atoms with van der Waals surface area (Å²) in [5.41, 5.74) is 3.18. The van der Waals surface area contributed by atoms with Crippen LogP contribution in [0.15, 0.2) is 60.8 Å². The summed E-state index contributed by atoms with van der Waals surface area (Å²) in [7, 11) is 0. The van der Waals surface area contributed by atoms with Gasteiger partial charge in [0.25, 0.3) is 0 Å². The van der Waals surface area contributed by atoms with E-state index in [1.165, 1.54) is 0 Å². The fourth-order valence-electron chi connectivity index (χ4n) is 3.70. The van der Waals surface area contributed by atoms with Gasteiger partial charge in [-0.3, -0.25) is 4.79 Å². The van der Waals surface area contributed by atoms with Crippen LogP contribution in [0.3, 0.4) is 0 Å². The standard InChI is InChI=1S/C24H24N4O2/c29-23(18-9-10-18)28-12-11-22-19(16-28)15-26-24(27-22)25-14-17-5-4-8-21(13-17)30-20-6-2-1-3-7-20/h1-8,13,15,18H,9-12,14,16H2,(H,25,26,27). The van der Waals surface area contributed by atoms with Crippen LogP contribution >= 0.6 is 0 Å². The third-order valence-corrected chi connectivity index (χ3v) is 5.50. The van der Waals surface area contributed by atoms with Crippen molar-refractivity contribution in [1.82, 2.24) is 14.9 Å². The normalized spacial score (nSPS) is 15.4. The van der Waals surface area contributed by atoms with E-state index >= 15 is 0 Å². The van der Waals surface area contributed by atoms with Gasteiger partial charge < -0.3 is 15.0 Å². The molecule has 1 N–H and O–H groups in total. The second-order valence-corrected chi connectivity index (χ2v) is 7.87. The number of rotatable bonds is 6. The van der Waals surface area contributed by atoms with Crippen molar-refractivity contribution in [2.24, 2.45) is 5.92 Å². The van der Waals surface area contributed by atoms with Gasteiger partial charge in [0, 0.05) is 43.7 Å². The largest absolute Gasteiger partial charge is 0.457 e. The first-order chi connectivity index (χ1) is 14.7. The summed E-state index contributed by atoms with van der Waals surface area (Å²) in [6.07, 6.45) is 4.72. The first-order valence-electron chi connectivity index (χ1n) is 10.4. The van der Waals surface area contributed by atoms with Gasteiger partial charge in [-0.1, -0.05) is 30.3 Å². The van der Waals surface area contributed by atoms with E-state index < -0.39 is 0 Å². The van der Waals surface area contributed by atoms with Crippen molar-refractivity contribution in [3.05, 3.63) is 77.6 Å².